The molecule has 10 nitrogen and oxygen atoms in total. The number of aliphatic hydroxyl groups excluding tert-OH is 4. The van der Waals surface area contributed by atoms with Crippen LogP contribution < -0.4 is 0 Å². The average molecular weight is 833 g/mol. The van der Waals surface area contributed by atoms with Crippen LogP contribution in [0.2, 0.25) is 0 Å². The van der Waals surface area contributed by atoms with Crippen LogP contribution in [-0.2, 0) is 28.4 Å². The van der Waals surface area contributed by atoms with Gasteiger partial charge in [0.15, 0.2) is 6.29 Å². The van der Waals surface area contributed by atoms with Crippen molar-refractivity contribution < 1.29 is 48.8 Å². The van der Waals surface area contributed by atoms with Crippen molar-refractivity contribution in [2.24, 2.45) is 0 Å². The molecule has 0 unspecified atom stereocenters. The van der Waals surface area contributed by atoms with Crippen LogP contribution in [-0.4, -0.2) is 117 Å². The minimum atomic E-state index is -1.45. The van der Waals surface area contributed by atoms with Crippen molar-refractivity contribution in [1.82, 2.24) is 0 Å². The smallest absolute Gasteiger partial charge is 0.186 e. The summed E-state index contributed by atoms with van der Waals surface area (Å²) < 4.78 is 32.8. The van der Waals surface area contributed by atoms with Crippen molar-refractivity contribution in [3.63, 3.8) is 0 Å². The summed E-state index contributed by atoms with van der Waals surface area (Å²) >= 11 is 0. The zero-order valence-corrected chi connectivity index (χ0v) is 37.8. The molecule has 1 fully saturated rings. The first kappa shape index (κ1) is 55.6. The maximum absolute atomic E-state index is 9.95. The molecular weight excluding hydrogens is 737 g/mol. The highest BCUT2D eigenvalue weighted by molar-refractivity contribution is 4.88. The van der Waals surface area contributed by atoms with Gasteiger partial charge in [0.05, 0.1) is 59.5 Å². The van der Waals surface area contributed by atoms with E-state index in [0.29, 0.717) is 39.6 Å². The van der Waals surface area contributed by atoms with E-state index in [9.17, 15) is 20.4 Å². The summed E-state index contributed by atoms with van der Waals surface area (Å²) in [6.07, 6.45) is 39.2. The van der Waals surface area contributed by atoms with E-state index in [-0.39, 0.29) is 13.2 Å². The fourth-order valence-electron chi connectivity index (χ4n) is 7.77. The predicted octanol–water partition coefficient (Wildman–Crippen LogP) is 10.4. The Morgan fingerprint density at radius 3 is 0.914 bits per heavy atom. The van der Waals surface area contributed by atoms with Crippen LogP contribution in [0.3, 0.4) is 0 Å². The SMILES string of the molecule is CCCCCCCCCCCCCCCCCCCCCCCCCCCCCCCCCCOCCOCCOCCOCCO[C@@H]1O[C@H](CO)[C@@H](O)[C@H](O)[C@@H]1O. The first-order chi connectivity index (χ1) is 28.6. The second-order valence-electron chi connectivity index (χ2n) is 17.0. The molecule has 1 aliphatic rings. The Balaban J connectivity index is 1.64. The number of rotatable bonds is 47. The molecule has 0 aliphatic carbocycles. The highest BCUT2D eigenvalue weighted by Gasteiger charge is 2.43. The maximum atomic E-state index is 9.95. The first-order valence-corrected chi connectivity index (χ1v) is 24.8. The fourth-order valence-corrected chi connectivity index (χ4v) is 7.77. The van der Waals surface area contributed by atoms with Gasteiger partial charge in [-0.15, -0.1) is 0 Å². The molecule has 0 saturated carbocycles. The van der Waals surface area contributed by atoms with E-state index < -0.39 is 37.3 Å². The molecular formula is C48H96O10. The molecule has 1 rings (SSSR count). The van der Waals surface area contributed by atoms with Crippen LogP contribution in [0.5, 0.6) is 0 Å². The summed E-state index contributed by atoms with van der Waals surface area (Å²) in [4.78, 5) is 0. The van der Waals surface area contributed by atoms with Crippen LogP contribution >= 0.6 is 0 Å². The van der Waals surface area contributed by atoms with Gasteiger partial charge < -0.3 is 48.8 Å². The van der Waals surface area contributed by atoms with Crippen molar-refractivity contribution in [3.8, 4) is 0 Å². The summed E-state index contributed by atoms with van der Waals surface area (Å²) in [6, 6.07) is 0. The molecule has 0 spiro atoms. The topological polar surface area (TPSA) is 136 Å². The highest BCUT2D eigenvalue weighted by Crippen LogP contribution is 2.22. The molecule has 0 radical (unpaired) electrons. The van der Waals surface area contributed by atoms with Crippen LogP contribution in [0.4, 0.5) is 0 Å². The zero-order valence-electron chi connectivity index (χ0n) is 37.8. The monoisotopic (exact) mass is 833 g/mol. The van der Waals surface area contributed by atoms with Crippen molar-refractivity contribution in [1.29, 1.82) is 0 Å². The Kier molecular flexibility index (Phi) is 42.8. The van der Waals surface area contributed by atoms with E-state index in [4.69, 9.17) is 28.4 Å². The van der Waals surface area contributed by atoms with E-state index in [1.165, 1.54) is 199 Å². The lowest BCUT2D eigenvalue weighted by molar-refractivity contribution is -0.302. The number of unbranched alkanes of at least 4 members (excludes halogenated alkanes) is 31. The lowest BCUT2D eigenvalue weighted by atomic mass is 9.99. The lowest BCUT2D eigenvalue weighted by Crippen LogP contribution is -2.59. The summed E-state index contributed by atoms with van der Waals surface area (Å²) in [5.74, 6) is 0. The van der Waals surface area contributed by atoms with Crippen LogP contribution in [0.15, 0.2) is 0 Å². The van der Waals surface area contributed by atoms with Gasteiger partial charge in [-0.1, -0.05) is 206 Å². The molecule has 1 heterocycles. The van der Waals surface area contributed by atoms with Crippen LogP contribution in [0.1, 0.15) is 212 Å². The molecule has 0 aromatic heterocycles. The first-order valence-electron chi connectivity index (χ1n) is 24.8. The van der Waals surface area contributed by atoms with E-state index in [2.05, 4.69) is 6.92 Å². The molecule has 5 atom stereocenters. The van der Waals surface area contributed by atoms with Gasteiger partial charge in [-0.25, -0.2) is 0 Å². The summed E-state index contributed by atoms with van der Waals surface area (Å²) in [5, 5.41) is 38.7. The highest BCUT2D eigenvalue weighted by atomic mass is 16.7. The largest absolute Gasteiger partial charge is 0.394 e. The van der Waals surface area contributed by atoms with Gasteiger partial charge >= 0.3 is 0 Å². The molecule has 4 N–H and O–H groups in total. The Labute approximate surface area is 357 Å². The van der Waals surface area contributed by atoms with Crippen molar-refractivity contribution >= 4 is 0 Å². The van der Waals surface area contributed by atoms with Gasteiger partial charge in [0.2, 0.25) is 0 Å². The van der Waals surface area contributed by atoms with Crippen molar-refractivity contribution in [2.45, 2.75) is 243 Å². The molecule has 10 heteroatoms. The van der Waals surface area contributed by atoms with Gasteiger partial charge in [-0.2, -0.15) is 0 Å². The minimum Gasteiger partial charge on any atom is -0.394 e. The zero-order chi connectivity index (χ0) is 41.8. The Hall–Kier alpha value is -0.400. The minimum absolute atomic E-state index is 0.117. The molecule has 1 saturated heterocycles. The maximum Gasteiger partial charge on any atom is 0.186 e. The molecule has 58 heavy (non-hydrogen) atoms. The summed E-state index contributed by atoms with van der Waals surface area (Å²) in [6.45, 7) is 5.92. The summed E-state index contributed by atoms with van der Waals surface area (Å²) in [5.41, 5.74) is 0. The average Bonchev–Trinajstić information content (AvgIpc) is 3.23. The van der Waals surface area contributed by atoms with Gasteiger partial charge in [0, 0.05) is 6.61 Å². The molecule has 1 aliphatic heterocycles. The van der Waals surface area contributed by atoms with Gasteiger partial charge in [0.25, 0.3) is 0 Å². The number of ether oxygens (including phenoxy) is 6. The van der Waals surface area contributed by atoms with E-state index in [1.807, 2.05) is 0 Å². The number of hydrogen-bond acceptors (Lipinski definition) is 10. The standard InChI is InChI=1S/C48H96O10/c1-2-3-4-5-6-7-8-9-10-11-12-13-14-15-16-17-18-19-20-21-22-23-24-25-26-27-28-29-30-31-32-33-34-53-35-36-54-37-38-55-39-40-56-41-42-57-48-47(52)46(51)45(50)44(43-49)58-48/h44-52H,2-43H2,1H3/t44-,45-,46+,47+,48-/m1/s1. The molecule has 0 bridgehead atoms. The van der Waals surface area contributed by atoms with Gasteiger partial charge in [0.1, 0.15) is 24.4 Å². The Morgan fingerprint density at radius 2 is 0.603 bits per heavy atom. The molecule has 0 aromatic rings. The van der Waals surface area contributed by atoms with Gasteiger partial charge in [-0.3, -0.25) is 0 Å². The van der Waals surface area contributed by atoms with Gasteiger partial charge in [-0.05, 0) is 6.42 Å². The van der Waals surface area contributed by atoms with Crippen molar-refractivity contribution in [2.75, 3.05) is 66.1 Å². The molecule has 0 amide bonds. The Bertz CT molecular complexity index is 790. The fraction of sp³-hybridized carbons (Fsp3) is 1.00. The van der Waals surface area contributed by atoms with E-state index in [0.717, 1.165) is 13.0 Å². The van der Waals surface area contributed by atoms with Crippen LogP contribution in [0, 0.1) is 0 Å². The second kappa shape index (κ2) is 44.6. The predicted molar refractivity (Wildman–Crippen MR) is 236 cm³/mol. The summed E-state index contributed by atoms with van der Waals surface area (Å²) in [7, 11) is 0. The number of aliphatic hydroxyl groups is 4. The third-order valence-corrected chi connectivity index (χ3v) is 11.6. The van der Waals surface area contributed by atoms with Crippen LogP contribution in [0.25, 0.3) is 0 Å². The van der Waals surface area contributed by atoms with E-state index in [1.54, 1.807) is 0 Å². The lowest BCUT2D eigenvalue weighted by Gasteiger charge is -2.39. The Morgan fingerprint density at radius 1 is 0.328 bits per heavy atom. The normalized spacial score (nSPS) is 19.7. The third kappa shape index (κ3) is 35.2. The molecule has 0 aromatic carbocycles. The van der Waals surface area contributed by atoms with E-state index >= 15 is 0 Å². The quantitative estimate of drug-likeness (QED) is 0.0439. The van der Waals surface area contributed by atoms with Crippen molar-refractivity contribution in [3.05, 3.63) is 0 Å². The molecule has 348 valence electrons. The second-order valence-corrected chi connectivity index (χ2v) is 17.0. The third-order valence-electron chi connectivity index (χ3n) is 11.6. The number of hydrogen-bond donors (Lipinski definition) is 4.